The van der Waals surface area contributed by atoms with E-state index in [0.29, 0.717) is 0 Å². The van der Waals surface area contributed by atoms with Gasteiger partial charge in [0.2, 0.25) is 0 Å². The number of hydrogen-bond acceptors (Lipinski definition) is 2. The third kappa shape index (κ3) is 1.92. The first-order valence-corrected chi connectivity index (χ1v) is 5.57. The van der Waals surface area contributed by atoms with Gasteiger partial charge < -0.3 is 11.1 Å². The average molecular weight is 204 g/mol. The lowest BCUT2D eigenvalue weighted by atomic mass is 9.91. The molecule has 0 unspecified atom stereocenters. The van der Waals surface area contributed by atoms with Crippen molar-refractivity contribution >= 4 is 0 Å². The second kappa shape index (κ2) is 3.32. The van der Waals surface area contributed by atoms with Crippen LogP contribution in [0.15, 0.2) is 24.3 Å². The fourth-order valence-corrected chi connectivity index (χ4v) is 1.79. The number of benzene rings is 1. The molecule has 0 atom stereocenters. The van der Waals surface area contributed by atoms with Crippen molar-refractivity contribution in [2.24, 2.45) is 5.73 Å². The Balaban J connectivity index is 2.35. The topological polar surface area (TPSA) is 38.0 Å². The Bertz CT molecular complexity index is 365. The normalized spacial score (nSPS) is 18.9. The summed E-state index contributed by atoms with van der Waals surface area (Å²) in [7, 11) is 1.99. The Morgan fingerprint density at radius 2 is 2.00 bits per heavy atom. The molecule has 0 bridgehead atoms. The first-order valence-electron chi connectivity index (χ1n) is 5.57. The van der Waals surface area contributed by atoms with Crippen molar-refractivity contribution in [2.45, 2.75) is 37.8 Å². The molecule has 0 amide bonds. The summed E-state index contributed by atoms with van der Waals surface area (Å²) in [4.78, 5) is 0. The van der Waals surface area contributed by atoms with Gasteiger partial charge in [0.1, 0.15) is 0 Å². The van der Waals surface area contributed by atoms with Gasteiger partial charge in [-0.1, -0.05) is 24.3 Å². The fourth-order valence-electron chi connectivity index (χ4n) is 1.79. The zero-order valence-corrected chi connectivity index (χ0v) is 9.80. The Kier molecular flexibility index (Phi) is 2.36. The van der Waals surface area contributed by atoms with Gasteiger partial charge in [0, 0.05) is 11.1 Å². The summed E-state index contributed by atoms with van der Waals surface area (Å²) in [6.07, 6.45) is 2.24. The molecular formula is C13H20N2. The predicted molar refractivity (Wildman–Crippen MR) is 63.6 cm³/mol. The van der Waals surface area contributed by atoms with Gasteiger partial charge in [-0.2, -0.15) is 0 Å². The molecule has 1 aliphatic rings. The summed E-state index contributed by atoms with van der Waals surface area (Å²) >= 11 is 0. The zero-order valence-electron chi connectivity index (χ0n) is 9.80. The first kappa shape index (κ1) is 10.7. The van der Waals surface area contributed by atoms with Gasteiger partial charge in [-0.25, -0.2) is 0 Å². The van der Waals surface area contributed by atoms with E-state index in [1.807, 2.05) is 7.05 Å². The monoisotopic (exact) mass is 204 g/mol. The van der Waals surface area contributed by atoms with Crippen molar-refractivity contribution in [3.63, 3.8) is 0 Å². The number of hydrogen-bond donors (Lipinski definition) is 2. The number of rotatable bonds is 3. The minimum absolute atomic E-state index is 0.0151. The Labute approximate surface area is 91.9 Å². The molecule has 0 radical (unpaired) electrons. The van der Waals surface area contributed by atoms with Gasteiger partial charge in [-0.05, 0) is 44.9 Å². The van der Waals surface area contributed by atoms with Gasteiger partial charge in [0.25, 0.3) is 0 Å². The van der Waals surface area contributed by atoms with E-state index >= 15 is 0 Å². The first-order chi connectivity index (χ1) is 6.98. The van der Waals surface area contributed by atoms with Crippen molar-refractivity contribution in [3.8, 4) is 0 Å². The van der Waals surface area contributed by atoms with E-state index in [4.69, 9.17) is 5.73 Å². The van der Waals surface area contributed by atoms with Crippen molar-refractivity contribution in [1.29, 1.82) is 0 Å². The highest BCUT2D eigenvalue weighted by atomic mass is 14.9. The Morgan fingerprint density at radius 1 is 1.33 bits per heavy atom. The molecule has 2 heteroatoms. The zero-order chi connectivity index (χ0) is 11.1. The second-order valence-electron chi connectivity index (χ2n) is 5.11. The molecule has 82 valence electrons. The maximum absolute atomic E-state index is 6.20. The molecule has 2 nitrogen and oxygen atoms in total. The van der Waals surface area contributed by atoms with E-state index in [1.165, 1.54) is 11.1 Å². The SMILES string of the molecule is CNC(C)(C)c1cccc(C2(N)CC2)c1. The summed E-state index contributed by atoms with van der Waals surface area (Å²) < 4.78 is 0. The fraction of sp³-hybridized carbons (Fsp3) is 0.538. The average Bonchev–Trinajstić information content (AvgIpc) is 2.98. The van der Waals surface area contributed by atoms with Crippen molar-refractivity contribution in [3.05, 3.63) is 35.4 Å². The third-order valence-corrected chi connectivity index (χ3v) is 3.57. The molecule has 1 aromatic rings. The molecule has 1 aliphatic carbocycles. The van der Waals surface area contributed by atoms with Crippen LogP contribution < -0.4 is 11.1 Å². The minimum Gasteiger partial charge on any atom is -0.321 e. The smallest absolute Gasteiger partial charge is 0.0411 e. The lowest BCUT2D eigenvalue weighted by molar-refractivity contribution is 0.444. The van der Waals surface area contributed by atoms with E-state index in [9.17, 15) is 0 Å². The van der Waals surface area contributed by atoms with E-state index in [0.717, 1.165) is 12.8 Å². The van der Waals surface area contributed by atoms with Crippen molar-refractivity contribution in [2.75, 3.05) is 7.05 Å². The van der Waals surface area contributed by atoms with E-state index in [-0.39, 0.29) is 11.1 Å². The lowest BCUT2D eigenvalue weighted by Crippen LogP contribution is -2.33. The van der Waals surface area contributed by atoms with Crippen LogP contribution in [0.25, 0.3) is 0 Å². The highest BCUT2D eigenvalue weighted by molar-refractivity contribution is 5.35. The lowest BCUT2D eigenvalue weighted by Gasteiger charge is -2.26. The molecule has 15 heavy (non-hydrogen) atoms. The quantitative estimate of drug-likeness (QED) is 0.791. The molecule has 0 aromatic heterocycles. The molecule has 2 rings (SSSR count). The highest BCUT2D eigenvalue weighted by Crippen LogP contribution is 2.43. The third-order valence-electron chi connectivity index (χ3n) is 3.57. The van der Waals surface area contributed by atoms with Crippen LogP contribution in [0.3, 0.4) is 0 Å². The minimum atomic E-state index is -0.0279. The summed E-state index contributed by atoms with van der Waals surface area (Å²) in [5, 5.41) is 3.32. The van der Waals surface area contributed by atoms with Crippen LogP contribution in [0, 0.1) is 0 Å². The van der Waals surface area contributed by atoms with Gasteiger partial charge >= 0.3 is 0 Å². The van der Waals surface area contributed by atoms with E-state index in [1.54, 1.807) is 0 Å². The van der Waals surface area contributed by atoms with Gasteiger partial charge in [-0.15, -0.1) is 0 Å². The van der Waals surface area contributed by atoms with Crippen LogP contribution in [-0.2, 0) is 11.1 Å². The molecule has 1 aromatic carbocycles. The van der Waals surface area contributed by atoms with Crippen LogP contribution in [0.2, 0.25) is 0 Å². The van der Waals surface area contributed by atoms with E-state index in [2.05, 4.69) is 43.4 Å². The van der Waals surface area contributed by atoms with Crippen molar-refractivity contribution in [1.82, 2.24) is 5.32 Å². The molecule has 1 fully saturated rings. The van der Waals surface area contributed by atoms with Crippen LogP contribution in [0.5, 0.6) is 0 Å². The molecular weight excluding hydrogens is 184 g/mol. The largest absolute Gasteiger partial charge is 0.321 e. The maximum Gasteiger partial charge on any atom is 0.0411 e. The van der Waals surface area contributed by atoms with Crippen molar-refractivity contribution < 1.29 is 0 Å². The number of nitrogens with two attached hydrogens (primary N) is 1. The molecule has 0 saturated heterocycles. The van der Waals surface area contributed by atoms with Gasteiger partial charge in [0.15, 0.2) is 0 Å². The predicted octanol–water partition coefficient (Wildman–Crippen LogP) is 2.09. The molecule has 0 heterocycles. The molecule has 0 spiro atoms. The maximum atomic E-state index is 6.20. The number of nitrogens with one attached hydrogen (secondary N) is 1. The summed E-state index contributed by atoms with van der Waals surface area (Å²) in [6.45, 7) is 4.37. The Hall–Kier alpha value is -0.860. The van der Waals surface area contributed by atoms with Crippen LogP contribution in [0.4, 0.5) is 0 Å². The standard InChI is InChI=1S/C13H20N2/c1-12(2,15-3)10-5-4-6-11(9-10)13(14)7-8-13/h4-6,9,15H,7-8,14H2,1-3H3. The molecule has 0 aliphatic heterocycles. The van der Waals surface area contributed by atoms with E-state index < -0.39 is 0 Å². The van der Waals surface area contributed by atoms with Crippen LogP contribution in [0.1, 0.15) is 37.8 Å². The van der Waals surface area contributed by atoms with Crippen LogP contribution in [-0.4, -0.2) is 7.05 Å². The molecule has 1 saturated carbocycles. The molecule has 3 N–H and O–H groups in total. The van der Waals surface area contributed by atoms with Gasteiger partial charge in [-0.3, -0.25) is 0 Å². The Morgan fingerprint density at radius 3 is 2.53 bits per heavy atom. The summed E-state index contributed by atoms with van der Waals surface area (Å²) in [5.41, 5.74) is 8.77. The van der Waals surface area contributed by atoms with Crippen LogP contribution >= 0.6 is 0 Å². The second-order valence-corrected chi connectivity index (χ2v) is 5.11. The summed E-state index contributed by atoms with van der Waals surface area (Å²) in [6, 6.07) is 8.65. The van der Waals surface area contributed by atoms with Gasteiger partial charge in [0.05, 0.1) is 0 Å². The highest BCUT2D eigenvalue weighted by Gasteiger charge is 2.40. The summed E-state index contributed by atoms with van der Waals surface area (Å²) in [5.74, 6) is 0.